The van der Waals surface area contributed by atoms with E-state index >= 15 is 0 Å². The van der Waals surface area contributed by atoms with E-state index in [4.69, 9.17) is 5.73 Å². The normalized spacial score (nSPS) is 10.9. The van der Waals surface area contributed by atoms with Gasteiger partial charge in [0, 0.05) is 22.5 Å². The van der Waals surface area contributed by atoms with Crippen LogP contribution in [0.1, 0.15) is 5.56 Å². The van der Waals surface area contributed by atoms with Crippen molar-refractivity contribution in [3.63, 3.8) is 0 Å². The second kappa shape index (κ2) is 5.46. The Morgan fingerprint density at radius 3 is 2.44 bits per heavy atom. The van der Waals surface area contributed by atoms with E-state index < -0.39 is 5.82 Å². The van der Waals surface area contributed by atoms with Gasteiger partial charge in [0.25, 0.3) is 0 Å². The van der Waals surface area contributed by atoms with Gasteiger partial charge in [0.05, 0.1) is 5.52 Å². The van der Waals surface area contributed by atoms with Crippen LogP contribution in [0.15, 0.2) is 48.5 Å². The van der Waals surface area contributed by atoms with Crippen LogP contribution in [0, 0.1) is 23.0 Å². The van der Waals surface area contributed by atoms with Crippen molar-refractivity contribution in [3.8, 4) is 6.07 Å². The topological polar surface area (TPSA) is 79.1 Å². The highest BCUT2D eigenvalue weighted by Crippen LogP contribution is 2.31. The summed E-state index contributed by atoms with van der Waals surface area (Å²) >= 11 is 0. The third-order valence-electron chi connectivity index (χ3n) is 3.95. The summed E-state index contributed by atoms with van der Waals surface area (Å²) in [6, 6.07) is 13.8. The Labute approximate surface area is 140 Å². The average molecular weight is 335 g/mol. The molecule has 2 aromatic carbocycles. The number of nitrogens with zero attached hydrogens (tertiary/aromatic N) is 3. The van der Waals surface area contributed by atoms with Crippen LogP contribution in [0.4, 0.5) is 26.1 Å². The monoisotopic (exact) mass is 335 g/mol. The summed E-state index contributed by atoms with van der Waals surface area (Å²) in [7, 11) is 0. The van der Waals surface area contributed by atoms with Crippen LogP contribution in [0.2, 0.25) is 0 Å². The van der Waals surface area contributed by atoms with Crippen molar-refractivity contribution >= 4 is 33.6 Å². The molecule has 0 radical (unpaired) electrons. The molecule has 0 amide bonds. The molecule has 0 saturated heterocycles. The zero-order chi connectivity index (χ0) is 17.6. The summed E-state index contributed by atoms with van der Waals surface area (Å²) in [5, 5.41) is 17.9. The summed E-state index contributed by atoms with van der Waals surface area (Å²) in [6.45, 7) is 0. The number of anilines is 3. The predicted octanol–water partition coefficient (Wildman–Crippen LogP) is 3.96. The molecule has 0 bridgehead atoms. The van der Waals surface area contributed by atoms with Crippen molar-refractivity contribution in [2.24, 2.45) is 0 Å². The minimum Gasteiger partial charge on any atom is -0.383 e. The van der Waals surface area contributed by atoms with Gasteiger partial charge in [0.1, 0.15) is 29.1 Å². The van der Waals surface area contributed by atoms with Crippen LogP contribution in [0.3, 0.4) is 0 Å². The second-order valence-corrected chi connectivity index (χ2v) is 5.52. The van der Waals surface area contributed by atoms with Crippen LogP contribution in [0.5, 0.6) is 0 Å². The fraction of sp³-hybridized carbons (Fsp3) is 0. The molecule has 2 heterocycles. The second-order valence-electron chi connectivity index (χ2n) is 5.52. The Balaban J connectivity index is 1.93. The number of nitrogens with two attached hydrogens (primary N) is 1. The Kier molecular flexibility index (Phi) is 3.25. The maximum absolute atomic E-state index is 13.6. The highest BCUT2D eigenvalue weighted by atomic mass is 19.1. The Morgan fingerprint density at radius 1 is 1.00 bits per heavy atom. The van der Waals surface area contributed by atoms with Crippen molar-refractivity contribution in [1.82, 2.24) is 9.61 Å². The molecule has 7 heteroatoms. The van der Waals surface area contributed by atoms with Gasteiger partial charge in [-0.3, -0.25) is 0 Å². The maximum atomic E-state index is 13.6. The van der Waals surface area contributed by atoms with E-state index in [0.29, 0.717) is 27.8 Å². The van der Waals surface area contributed by atoms with Crippen LogP contribution in [-0.2, 0) is 0 Å². The molecule has 0 saturated carbocycles. The van der Waals surface area contributed by atoms with Crippen molar-refractivity contribution in [1.29, 1.82) is 5.26 Å². The highest BCUT2D eigenvalue weighted by Gasteiger charge is 2.15. The molecule has 4 aromatic rings. The van der Waals surface area contributed by atoms with Crippen molar-refractivity contribution in [3.05, 3.63) is 65.7 Å². The minimum atomic E-state index is -0.447. The quantitative estimate of drug-likeness (QED) is 0.581. The van der Waals surface area contributed by atoms with E-state index in [2.05, 4.69) is 10.4 Å². The van der Waals surface area contributed by atoms with Crippen molar-refractivity contribution in [2.45, 2.75) is 0 Å². The Hall–Kier alpha value is -3.66. The summed E-state index contributed by atoms with van der Waals surface area (Å²) < 4.78 is 28.0. The smallest absolute Gasteiger partial charge is 0.153 e. The molecule has 0 aliphatic carbocycles. The summed E-state index contributed by atoms with van der Waals surface area (Å²) in [4.78, 5) is 0. The van der Waals surface area contributed by atoms with Gasteiger partial charge < -0.3 is 11.1 Å². The number of hydrogen-bond donors (Lipinski definition) is 2. The van der Waals surface area contributed by atoms with Gasteiger partial charge in [-0.05, 0) is 42.5 Å². The number of nitrogen functional groups attached to an aromatic ring is 1. The summed E-state index contributed by atoms with van der Waals surface area (Å²) in [5.41, 5.74) is 7.50. The van der Waals surface area contributed by atoms with E-state index in [1.54, 1.807) is 24.3 Å². The van der Waals surface area contributed by atoms with Gasteiger partial charge in [-0.15, -0.1) is 5.10 Å². The van der Waals surface area contributed by atoms with E-state index in [-0.39, 0.29) is 17.2 Å². The molecule has 0 atom stereocenters. The number of rotatable bonds is 2. The maximum Gasteiger partial charge on any atom is 0.153 e. The Bertz CT molecular complexity index is 1160. The molecule has 4 rings (SSSR count). The van der Waals surface area contributed by atoms with Gasteiger partial charge >= 0.3 is 0 Å². The standard InChI is InChI=1S/C18H11F2N5/c19-10-1-4-12(5-2-10)23-17-8-16-13-6-3-11(20)7-14(13)15(9-21)18(22)25(16)24-17/h1-8H,22H2,(H,23,24). The molecule has 2 aromatic heterocycles. The van der Waals surface area contributed by atoms with Crippen LogP contribution >= 0.6 is 0 Å². The van der Waals surface area contributed by atoms with Gasteiger partial charge in [-0.1, -0.05) is 0 Å². The molecule has 25 heavy (non-hydrogen) atoms. The zero-order valence-corrected chi connectivity index (χ0v) is 12.8. The van der Waals surface area contributed by atoms with E-state index in [9.17, 15) is 14.0 Å². The summed E-state index contributed by atoms with van der Waals surface area (Å²) in [6.07, 6.45) is 0. The molecule has 0 aliphatic heterocycles. The van der Waals surface area contributed by atoms with Gasteiger partial charge in [0.15, 0.2) is 5.82 Å². The molecule has 3 N–H and O–H groups in total. The van der Waals surface area contributed by atoms with Crippen LogP contribution in [0.25, 0.3) is 16.3 Å². The van der Waals surface area contributed by atoms with Crippen molar-refractivity contribution in [2.75, 3.05) is 11.1 Å². The Morgan fingerprint density at radius 2 is 1.72 bits per heavy atom. The lowest BCUT2D eigenvalue weighted by molar-refractivity contribution is 0.628. The molecule has 0 aliphatic rings. The number of fused-ring (bicyclic) bond motifs is 3. The third kappa shape index (κ3) is 2.40. The van der Waals surface area contributed by atoms with Gasteiger partial charge in [0.2, 0.25) is 0 Å². The molecular formula is C18H11F2N5. The fourth-order valence-electron chi connectivity index (χ4n) is 2.81. The molecule has 0 fully saturated rings. The lowest BCUT2D eigenvalue weighted by atomic mass is 10.1. The minimum absolute atomic E-state index is 0.128. The number of hydrogen-bond acceptors (Lipinski definition) is 4. The fourth-order valence-corrected chi connectivity index (χ4v) is 2.81. The van der Waals surface area contributed by atoms with Gasteiger partial charge in [-0.2, -0.15) is 5.26 Å². The molecule has 0 unspecified atom stereocenters. The molecule has 122 valence electrons. The number of nitriles is 1. The van der Waals surface area contributed by atoms with E-state index in [1.807, 2.05) is 6.07 Å². The predicted molar refractivity (Wildman–Crippen MR) is 91.5 cm³/mol. The van der Waals surface area contributed by atoms with Crippen molar-refractivity contribution < 1.29 is 8.78 Å². The first-order chi connectivity index (χ1) is 12.1. The highest BCUT2D eigenvalue weighted by molar-refractivity contribution is 6.02. The first-order valence-corrected chi connectivity index (χ1v) is 7.40. The first kappa shape index (κ1) is 14.9. The SMILES string of the molecule is N#Cc1c(N)n2nc(Nc3ccc(F)cc3)cc2c2ccc(F)cc12. The average Bonchev–Trinajstić information content (AvgIpc) is 3.01. The van der Waals surface area contributed by atoms with Crippen LogP contribution in [-0.4, -0.2) is 9.61 Å². The number of pyridine rings is 1. The molecular weight excluding hydrogens is 324 g/mol. The molecule has 0 spiro atoms. The van der Waals surface area contributed by atoms with Crippen LogP contribution < -0.4 is 11.1 Å². The number of halogens is 2. The number of nitrogens with one attached hydrogen (secondary N) is 1. The third-order valence-corrected chi connectivity index (χ3v) is 3.95. The lowest BCUT2D eigenvalue weighted by Gasteiger charge is -2.07. The largest absolute Gasteiger partial charge is 0.383 e. The van der Waals surface area contributed by atoms with E-state index in [0.717, 1.165) is 0 Å². The zero-order valence-electron chi connectivity index (χ0n) is 12.8. The van der Waals surface area contributed by atoms with Gasteiger partial charge in [-0.25, -0.2) is 13.3 Å². The summed E-state index contributed by atoms with van der Waals surface area (Å²) in [5.74, 6) is -0.185. The molecule has 5 nitrogen and oxygen atoms in total. The first-order valence-electron chi connectivity index (χ1n) is 7.40. The number of aromatic nitrogens is 2. The lowest BCUT2D eigenvalue weighted by Crippen LogP contribution is -2.03. The van der Waals surface area contributed by atoms with E-state index in [1.165, 1.54) is 28.8 Å². The number of benzene rings is 2.